The summed E-state index contributed by atoms with van der Waals surface area (Å²) < 4.78 is 5.18. The van der Waals surface area contributed by atoms with Crippen molar-refractivity contribution < 1.29 is 19.1 Å². The maximum Gasteiger partial charge on any atom is 0.341 e. The molecule has 0 bridgehead atoms. The summed E-state index contributed by atoms with van der Waals surface area (Å²) in [7, 11) is 0. The molecular formula is C21H21Cl2N3O4S. The van der Waals surface area contributed by atoms with E-state index in [0.29, 0.717) is 26.2 Å². The molecule has 0 spiro atoms. The third-order valence-corrected chi connectivity index (χ3v) is 6.44. The molecule has 31 heavy (non-hydrogen) atoms. The number of amides is 2. The van der Waals surface area contributed by atoms with Crippen LogP contribution in [-0.2, 0) is 27.2 Å². The first-order valence-corrected chi connectivity index (χ1v) is 11.4. The highest BCUT2D eigenvalue weighted by molar-refractivity contribution is 7.17. The highest BCUT2D eigenvalue weighted by Crippen LogP contribution is 2.38. The number of hydrogen-bond acceptors (Lipinski definition) is 6. The molecule has 3 rings (SSSR count). The highest BCUT2D eigenvalue weighted by atomic mass is 35.5. The molecule has 1 aliphatic rings. The van der Waals surface area contributed by atoms with E-state index in [1.165, 1.54) is 23.6 Å². The molecule has 164 valence electrons. The van der Waals surface area contributed by atoms with Crippen molar-refractivity contribution in [3.63, 3.8) is 0 Å². The van der Waals surface area contributed by atoms with Crippen LogP contribution in [0.4, 0.5) is 5.00 Å². The zero-order valence-electron chi connectivity index (χ0n) is 16.8. The van der Waals surface area contributed by atoms with Gasteiger partial charge in [-0.25, -0.2) is 10.2 Å². The van der Waals surface area contributed by atoms with Gasteiger partial charge in [0.25, 0.3) is 0 Å². The second-order valence-electron chi connectivity index (χ2n) is 6.81. The van der Waals surface area contributed by atoms with Crippen molar-refractivity contribution in [2.24, 2.45) is 5.10 Å². The Labute approximate surface area is 193 Å². The van der Waals surface area contributed by atoms with Crippen LogP contribution in [0.1, 0.15) is 52.5 Å². The summed E-state index contributed by atoms with van der Waals surface area (Å²) in [5.41, 5.74) is 3.94. The summed E-state index contributed by atoms with van der Waals surface area (Å²) in [5.74, 6) is -2.39. The average Bonchev–Trinajstić information content (AvgIpc) is 2.90. The average molecular weight is 482 g/mol. The van der Waals surface area contributed by atoms with Gasteiger partial charge in [-0.2, -0.15) is 5.10 Å². The molecule has 0 fully saturated rings. The van der Waals surface area contributed by atoms with E-state index in [0.717, 1.165) is 42.5 Å². The van der Waals surface area contributed by atoms with Crippen LogP contribution < -0.4 is 10.7 Å². The SMILES string of the molecule is CCOC(=O)c1c(NC(=O)C(=O)NN=Cc2ccc(Cl)cc2Cl)sc2c1CCCCC2. The minimum atomic E-state index is -0.972. The first-order chi connectivity index (χ1) is 14.9. The van der Waals surface area contributed by atoms with Crippen molar-refractivity contribution in [1.29, 1.82) is 0 Å². The Balaban J connectivity index is 1.72. The molecule has 1 aliphatic carbocycles. The fourth-order valence-corrected chi connectivity index (χ4v) is 4.96. The number of carbonyl (C=O) groups is 3. The number of nitrogens with one attached hydrogen (secondary N) is 2. The lowest BCUT2D eigenvalue weighted by Crippen LogP contribution is -2.32. The minimum Gasteiger partial charge on any atom is -0.462 e. The van der Waals surface area contributed by atoms with Gasteiger partial charge >= 0.3 is 17.8 Å². The maximum atomic E-state index is 12.5. The van der Waals surface area contributed by atoms with Crippen LogP contribution in [0.25, 0.3) is 0 Å². The zero-order chi connectivity index (χ0) is 22.4. The van der Waals surface area contributed by atoms with E-state index < -0.39 is 17.8 Å². The van der Waals surface area contributed by atoms with Gasteiger partial charge in [0.2, 0.25) is 0 Å². The van der Waals surface area contributed by atoms with Gasteiger partial charge in [0.05, 0.1) is 23.4 Å². The van der Waals surface area contributed by atoms with E-state index in [1.807, 2.05) is 0 Å². The first-order valence-electron chi connectivity index (χ1n) is 9.81. The van der Waals surface area contributed by atoms with Crippen molar-refractivity contribution in [2.45, 2.75) is 39.0 Å². The van der Waals surface area contributed by atoms with Crippen molar-refractivity contribution in [3.05, 3.63) is 49.8 Å². The summed E-state index contributed by atoms with van der Waals surface area (Å²) in [6.45, 7) is 1.94. The third-order valence-electron chi connectivity index (χ3n) is 4.67. The molecule has 0 atom stereocenters. The van der Waals surface area contributed by atoms with E-state index in [2.05, 4.69) is 15.8 Å². The molecule has 2 amide bonds. The summed E-state index contributed by atoms with van der Waals surface area (Å²) in [5, 5.41) is 7.46. The number of nitrogens with zero attached hydrogens (tertiary/aromatic N) is 1. The Bertz CT molecular complexity index is 1040. The maximum absolute atomic E-state index is 12.5. The molecule has 7 nitrogen and oxygen atoms in total. The van der Waals surface area contributed by atoms with E-state index in [1.54, 1.807) is 19.1 Å². The number of carbonyl (C=O) groups excluding carboxylic acids is 3. The molecule has 0 saturated heterocycles. The predicted octanol–water partition coefficient (Wildman–Crippen LogP) is 4.59. The number of esters is 1. The zero-order valence-corrected chi connectivity index (χ0v) is 19.1. The summed E-state index contributed by atoms with van der Waals surface area (Å²) in [6, 6.07) is 4.79. The Morgan fingerprint density at radius 2 is 1.94 bits per heavy atom. The van der Waals surface area contributed by atoms with Crippen LogP contribution >= 0.6 is 34.5 Å². The van der Waals surface area contributed by atoms with E-state index in [4.69, 9.17) is 27.9 Å². The van der Waals surface area contributed by atoms with Gasteiger partial charge < -0.3 is 10.1 Å². The topological polar surface area (TPSA) is 96.9 Å². The molecule has 2 N–H and O–H groups in total. The number of hydrazone groups is 1. The Kier molecular flexibility index (Phi) is 8.06. The molecular weight excluding hydrogens is 461 g/mol. The quantitative estimate of drug-likeness (QED) is 0.214. The third kappa shape index (κ3) is 5.84. The monoisotopic (exact) mass is 481 g/mol. The van der Waals surface area contributed by atoms with Crippen molar-refractivity contribution >= 4 is 63.5 Å². The van der Waals surface area contributed by atoms with Crippen LogP contribution in [-0.4, -0.2) is 30.6 Å². The number of halogens is 2. The normalized spacial score (nSPS) is 13.4. The lowest BCUT2D eigenvalue weighted by atomic mass is 10.1. The molecule has 0 radical (unpaired) electrons. The Hall–Kier alpha value is -2.42. The van der Waals surface area contributed by atoms with Crippen LogP contribution in [0.2, 0.25) is 10.0 Å². The van der Waals surface area contributed by atoms with Gasteiger partial charge in [-0.3, -0.25) is 9.59 Å². The predicted molar refractivity (Wildman–Crippen MR) is 122 cm³/mol. The van der Waals surface area contributed by atoms with E-state index >= 15 is 0 Å². The van der Waals surface area contributed by atoms with Gasteiger partial charge in [-0.1, -0.05) is 35.7 Å². The second-order valence-corrected chi connectivity index (χ2v) is 8.76. The van der Waals surface area contributed by atoms with E-state index in [-0.39, 0.29) is 6.61 Å². The van der Waals surface area contributed by atoms with Gasteiger partial charge in [0.15, 0.2) is 0 Å². The lowest BCUT2D eigenvalue weighted by Gasteiger charge is -2.08. The molecule has 10 heteroatoms. The van der Waals surface area contributed by atoms with Crippen molar-refractivity contribution in [2.75, 3.05) is 11.9 Å². The lowest BCUT2D eigenvalue weighted by molar-refractivity contribution is -0.136. The summed E-state index contributed by atoms with van der Waals surface area (Å²) in [4.78, 5) is 38.2. The number of benzene rings is 1. The van der Waals surface area contributed by atoms with Crippen LogP contribution in [0, 0.1) is 0 Å². The summed E-state index contributed by atoms with van der Waals surface area (Å²) >= 11 is 13.2. The molecule has 1 aromatic carbocycles. The van der Waals surface area contributed by atoms with Crippen molar-refractivity contribution in [1.82, 2.24) is 5.43 Å². The molecule has 0 unspecified atom stereocenters. The highest BCUT2D eigenvalue weighted by Gasteiger charge is 2.27. The minimum absolute atomic E-state index is 0.222. The molecule has 1 heterocycles. The number of rotatable bonds is 5. The molecule has 0 aliphatic heterocycles. The number of anilines is 1. The number of ether oxygens (including phenoxy) is 1. The van der Waals surface area contributed by atoms with E-state index in [9.17, 15) is 14.4 Å². The number of hydrogen-bond donors (Lipinski definition) is 2. The Morgan fingerprint density at radius 1 is 1.16 bits per heavy atom. The number of thiophene rings is 1. The molecule has 0 saturated carbocycles. The van der Waals surface area contributed by atoms with Gasteiger partial charge in [0, 0.05) is 15.5 Å². The fraction of sp³-hybridized carbons (Fsp3) is 0.333. The largest absolute Gasteiger partial charge is 0.462 e. The van der Waals surface area contributed by atoms with Gasteiger partial charge in [0.1, 0.15) is 5.00 Å². The fourth-order valence-electron chi connectivity index (χ4n) is 3.23. The van der Waals surface area contributed by atoms with Gasteiger partial charge in [-0.15, -0.1) is 11.3 Å². The Morgan fingerprint density at radius 3 is 2.68 bits per heavy atom. The second kappa shape index (κ2) is 10.7. The number of aryl methyl sites for hydroxylation is 1. The molecule has 1 aromatic heterocycles. The van der Waals surface area contributed by atoms with Crippen molar-refractivity contribution in [3.8, 4) is 0 Å². The standard InChI is InChI=1S/C21H21Cl2N3O4S/c1-2-30-21(29)17-14-6-4-3-5-7-16(14)31-20(17)25-18(27)19(28)26-24-11-12-8-9-13(22)10-15(12)23/h8-11H,2-7H2,1H3,(H,25,27)(H,26,28). The summed E-state index contributed by atoms with van der Waals surface area (Å²) in [6.07, 6.45) is 5.96. The number of fused-ring (bicyclic) bond motifs is 1. The van der Waals surface area contributed by atoms with Crippen LogP contribution in [0.15, 0.2) is 23.3 Å². The first kappa shape index (κ1) is 23.2. The van der Waals surface area contributed by atoms with Gasteiger partial charge in [-0.05, 0) is 50.3 Å². The van der Waals surface area contributed by atoms with Crippen LogP contribution in [0.3, 0.4) is 0 Å². The van der Waals surface area contributed by atoms with Crippen LogP contribution in [0.5, 0.6) is 0 Å². The molecule has 2 aromatic rings. The smallest absolute Gasteiger partial charge is 0.341 e.